The number of pyridine rings is 1. The Balaban J connectivity index is 1.99. The maximum atomic E-state index is 10.6. The zero-order chi connectivity index (χ0) is 16.2. The Kier molecular flexibility index (Phi) is 4.34. The average molecular weight is 310 g/mol. The van der Waals surface area contributed by atoms with E-state index >= 15 is 0 Å². The summed E-state index contributed by atoms with van der Waals surface area (Å²) >= 11 is 0. The highest BCUT2D eigenvalue weighted by atomic mass is 16.5. The first-order chi connectivity index (χ1) is 11.2. The van der Waals surface area contributed by atoms with Gasteiger partial charge in [-0.1, -0.05) is 18.2 Å². The van der Waals surface area contributed by atoms with E-state index in [1.54, 1.807) is 30.3 Å². The van der Waals surface area contributed by atoms with Gasteiger partial charge in [0.05, 0.1) is 18.5 Å². The molecule has 1 unspecified atom stereocenters. The largest absolute Gasteiger partial charge is 0.497 e. The highest BCUT2D eigenvalue weighted by molar-refractivity contribution is 5.39. The third-order valence-electron chi connectivity index (χ3n) is 3.70. The van der Waals surface area contributed by atoms with Crippen LogP contribution in [0, 0.1) is 0 Å². The third kappa shape index (κ3) is 2.93. The summed E-state index contributed by atoms with van der Waals surface area (Å²) in [6.45, 7) is 2.01. The zero-order valence-corrected chi connectivity index (χ0v) is 13.0. The lowest BCUT2D eigenvalue weighted by Gasteiger charge is -2.11. The normalized spacial score (nSPS) is 12.1. The number of rotatable bonds is 5. The molecule has 6 nitrogen and oxygen atoms in total. The van der Waals surface area contributed by atoms with Crippen molar-refractivity contribution in [3.8, 4) is 11.4 Å². The summed E-state index contributed by atoms with van der Waals surface area (Å²) in [5.41, 5.74) is 2.99. The Morgan fingerprint density at radius 1 is 1.22 bits per heavy atom. The molecule has 3 rings (SSSR count). The lowest BCUT2D eigenvalue weighted by atomic mass is 10.1. The van der Waals surface area contributed by atoms with Gasteiger partial charge in [-0.15, -0.1) is 5.10 Å². The van der Waals surface area contributed by atoms with Crippen LogP contribution in [0.2, 0.25) is 0 Å². The topological polar surface area (TPSA) is 73.1 Å². The standard InChI is InChI=1S/C17H18N4O2/c1-3-15-16(17(22)12-5-4-10-18-11-12)19-20-21(15)13-6-8-14(23-2)9-7-13/h4-11,17,22H,3H2,1-2H3. The van der Waals surface area contributed by atoms with Crippen molar-refractivity contribution in [2.75, 3.05) is 7.11 Å². The van der Waals surface area contributed by atoms with Crippen molar-refractivity contribution in [1.82, 2.24) is 20.0 Å². The van der Waals surface area contributed by atoms with E-state index in [-0.39, 0.29) is 0 Å². The van der Waals surface area contributed by atoms with Gasteiger partial charge in [-0.05, 0) is 36.8 Å². The minimum atomic E-state index is -0.842. The number of benzene rings is 1. The van der Waals surface area contributed by atoms with Crippen LogP contribution in [-0.4, -0.2) is 32.2 Å². The van der Waals surface area contributed by atoms with Crippen molar-refractivity contribution < 1.29 is 9.84 Å². The minimum Gasteiger partial charge on any atom is -0.497 e. The summed E-state index contributed by atoms with van der Waals surface area (Å²) < 4.78 is 6.92. The second-order valence-electron chi connectivity index (χ2n) is 5.07. The monoisotopic (exact) mass is 310 g/mol. The summed E-state index contributed by atoms with van der Waals surface area (Å²) in [5.74, 6) is 0.780. The van der Waals surface area contributed by atoms with Crippen molar-refractivity contribution in [3.05, 3.63) is 65.7 Å². The number of nitrogens with zero attached hydrogens (tertiary/aromatic N) is 4. The van der Waals surface area contributed by atoms with E-state index < -0.39 is 6.10 Å². The summed E-state index contributed by atoms with van der Waals surface area (Å²) in [6, 6.07) is 11.2. The molecule has 6 heteroatoms. The van der Waals surface area contributed by atoms with Crippen LogP contribution in [0.25, 0.3) is 5.69 Å². The first kappa shape index (κ1) is 15.2. The van der Waals surface area contributed by atoms with Gasteiger partial charge in [-0.2, -0.15) is 0 Å². The molecule has 0 aliphatic rings. The minimum absolute atomic E-state index is 0.552. The summed E-state index contributed by atoms with van der Waals surface area (Å²) in [5, 5.41) is 19.0. The number of hydrogen-bond donors (Lipinski definition) is 1. The van der Waals surface area contributed by atoms with Crippen molar-refractivity contribution in [3.63, 3.8) is 0 Å². The zero-order valence-electron chi connectivity index (χ0n) is 13.0. The molecule has 0 aliphatic carbocycles. The quantitative estimate of drug-likeness (QED) is 0.783. The van der Waals surface area contributed by atoms with Crippen LogP contribution in [0.1, 0.15) is 30.0 Å². The summed E-state index contributed by atoms with van der Waals surface area (Å²) in [4.78, 5) is 4.04. The Morgan fingerprint density at radius 2 is 2.00 bits per heavy atom. The fraction of sp³-hybridized carbons (Fsp3) is 0.235. The highest BCUT2D eigenvalue weighted by Crippen LogP contribution is 2.25. The fourth-order valence-electron chi connectivity index (χ4n) is 2.48. The van der Waals surface area contributed by atoms with E-state index in [0.717, 1.165) is 17.1 Å². The van der Waals surface area contributed by atoms with Crippen LogP contribution in [0.15, 0.2) is 48.8 Å². The molecule has 118 valence electrons. The first-order valence-corrected chi connectivity index (χ1v) is 7.41. The molecular formula is C17H18N4O2. The third-order valence-corrected chi connectivity index (χ3v) is 3.70. The van der Waals surface area contributed by atoms with Crippen molar-refractivity contribution in [2.24, 2.45) is 0 Å². The van der Waals surface area contributed by atoms with Gasteiger partial charge in [0, 0.05) is 18.0 Å². The molecule has 0 bridgehead atoms. The van der Waals surface area contributed by atoms with Crippen molar-refractivity contribution >= 4 is 0 Å². The lowest BCUT2D eigenvalue weighted by molar-refractivity contribution is 0.213. The van der Waals surface area contributed by atoms with Gasteiger partial charge in [0.15, 0.2) is 0 Å². The molecule has 0 amide bonds. The molecule has 1 N–H and O–H groups in total. The average Bonchev–Trinajstić information content (AvgIpc) is 3.05. The van der Waals surface area contributed by atoms with Gasteiger partial charge in [-0.25, -0.2) is 4.68 Å². The summed E-state index contributed by atoms with van der Waals surface area (Å²) in [7, 11) is 1.63. The predicted molar refractivity (Wildman–Crippen MR) is 85.6 cm³/mol. The Bertz CT molecular complexity index is 769. The Hall–Kier alpha value is -2.73. The highest BCUT2D eigenvalue weighted by Gasteiger charge is 2.21. The molecule has 0 radical (unpaired) electrons. The van der Waals surface area contributed by atoms with Crippen LogP contribution in [-0.2, 0) is 6.42 Å². The molecule has 2 heterocycles. The van der Waals surface area contributed by atoms with Crippen LogP contribution < -0.4 is 4.74 Å². The predicted octanol–water partition coefficient (Wildman–Crippen LogP) is 2.32. The Labute approximate surface area is 134 Å². The van der Waals surface area contributed by atoms with E-state index in [4.69, 9.17) is 4.74 Å². The maximum absolute atomic E-state index is 10.6. The molecule has 0 saturated carbocycles. The van der Waals surface area contributed by atoms with Crippen LogP contribution in [0.4, 0.5) is 0 Å². The maximum Gasteiger partial charge on any atom is 0.126 e. The van der Waals surface area contributed by atoms with E-state index in [1.165, 1.54) is 0 Å². The smallest absolute Gasteiger partial charge is 0.126 e. The van der Waals surface area contributed by atoms with Gasteiger partial charge < -0.3 is 9.84 Å². The Morgan fingerprint density at radius 3 is 2.61 bits per heavy atom. The lowest BCUT2D eigenvalue weighted by Crippen LogP contribution is -2.06. The second-order valence-corrected chi connectivity index (χ2v) is 5.07. The number of aromatic nitrogens is 4. The molecule has 1 aromatic carbocycles. The molecule has 1 atom stereocenters. The fourth-order valence-corrected chi connectivity index (χ4v) is 2.48. The first-order valence-electron chi connectivity index (χ1n) is 7.41. The molecule has 23 heavy (non-hydrogen) atoms. The van der Waals surface area contributed by atoms with E-state index in [9.17, 15) is 5.11 Å². The van der Waals surface area contributed by atoms with Crippen LogP contribution >= 0.6 is 0 Å². The van der Waals surface area contributed by atoms with Crippen molar-refractivity contribution in [2.45, 2.75) is 19.4 Å². The molecule has 0 aliphatic heterocycles. The van der Waals surface area contributed by atoms with Gasteiger partial charge in [0.2, 0.25) is 0 Å². The van der Waals surface area contributed by atoms with Crippen LogP contribution in [0.5, 0.6) is 5.75 Å². The number of aliphatic hydroxyl groups excluding tert-OH is 1. The van der Waals surface area contributed by atoms with E-state index in [1.807, 2.05) is 37.3 Å². The molecule has 0 spiro atoms. The molecular weight excluding hydrogens is 292 g/mol. The van der Waals surface area contributed by atoms with Gasteiger partial charge >= 0.3 is 0 Å². The van der Waals surface area contributed by atoms with Gasteiger partial charge in [0.1, 0.15) is 17.5 Å². The number of hydrogen-bond acceptors (Lipinski definition) is 5. The molecule has 2 aromatic heterocycles. The molecule has 0 saturated heterocycles. The van der Waals surface area contributed by atoms with Crippen molar-refractivity contribution in [1.29, 1.82) is 0 Å². The second kappa shape index (κ2) is 6.58. The molecule has 3 aromatic rings. The van der Waals surface area contributed by atoms with E-state index in [2.05, 4.69) is 15.3 Å². The van der Waals surface area contributed by atoms with Crippen LogP contribution in [0.3, 0.4) is 0 Å². The number of ether oxygens (including phenoxy) is 1. The van der Waals surface area contributed by atoms with Gasteiger partial charge in [0.25, 0.3) is 0 Å². The molecule has 0 fully saturated rings. The SMILES string of the molecule is CCc1c(C(O)c2cccnc2)nnn1-c1ccc(OC)cc1. The van der Waals surface area contributed by atoms with Gasteiger partial charge in [-0.3, -0.25) is 4.98 Å². The van der Waals surface area contributed by atoms with E-state index in [0.29, 0.717) is 17.7 Å². The number of aliphatic hydroxyl groups is 1. The summed E-state index contributed by atoms with van der Waals surface area (Å²) in [6.07, 6.45) is 3.17. The number of methoxy groups -OCH3 is 1.